The third kappa shape index (κ3) is 4.80. The van der Waals surface area contributed by atoms with Crippen LogP contribution in [0.2, 0.25) is 0 Å². The highest BCUT2D eigenvalue weighted by molar-refractivity contribution is 5.89. The fourth-order valence-electron chi connectivity index (χ4n) is 2.06. The van der Waals surface area contributed by atoms with Crippen LogP contribution >= 0.6 is 0 Å². The third-order valence-electron chi connectivity index (χ3n) is 2.80. The number of carbonyl (C=O) groups excluding carboxylic acids is 2. The minimum absolute atomic E-state index is 0.180. The standard InChI is InChI=1S/C15H19N3O3/c1-10(9-16)18(12(3)21-13(4)20)15-7-5-6-14(8-15)17-11(2)19/h5-8,10,12H,1-4H3,(H,17,19). The first-order valence-corrected chi connectivity index (χ1v) is 6.58. The van der Waals surface area contributed by atoms with Crippen molar-refractivity contribution in [3.05, 3.63) is 24.3 Å². The molecule has 0 saturated carbocycles. The summed E-state index contributed by atoms with van der Waals surface area (Å²) >= 11 is 0. The Hall–Kier alpha value is -2.55. The van der Waals surface area contributed by atoms with Crippen LogP contribution < -0.4 is 10.2 Å². The van der Waals surface area contributed by atoms with Gasteiger partial charge in [-0.25, -0.2) is 0 Å². The molecule has 112 valence electrons. The van der Waals surface area contributed by atoms with Gasteiger partial charge in [0.1, 0.15) is 6.04 Å². The molecule has 0 heterocycles. The Morgan fingerprint density at radius 2 is 2.00 bits per heavy atom. The van der Waals surface area contributed by atoms with Gasteiger partial charge in [-0.2, -0.15) is 5.26 Å². The molecular formula is C15H19N3O3. The predicted octanol–water partition coefficient (Wildman–Crippen LogP) is 2.27. The molecule has 0 radical (unpaired) electrons. The fraction of sp³-hybridized carbons (Fsp3) is 0.400. The summed E-state index contributed by atoms with van der Waals surface area (Å²) in [5.41, 5.74) is 1.30. The van der Waals surface area contributed by atoms with Crippen molar-refractivity contribution in [2.45, 2.75) is 40.0 Å². The van der Waals surface area contributed by atoms with Crippen LogP contribution in [0.15, 0.2) is 24.3 Å². The average Bonchev–Trinajstić information content (AvgIpc) is 2.37. The maximum atomic E-state index is 11.1. The van der Waals surface area contributed by atoms with E-state index in [2.05, 4.69) is 11.4 Å². The number of ether oxygens (including phenoxy) is 1. The summed E-state index contributed by atoms with van der Waals surface area (Å²) in [6, 6.07) is 8.66. The Balaban J connectivity index is 3.11. The minimum atomic E-state index is -0.593. The number of esters is 1. The molecular weight excluding hydrogens is 270 g/mol. The van der Waals surface area contributed by atoms with Gasteiger partial charge in [-0.15, -0.1) is 0 Å². The van der Waals surface area contributed by atoms with Gasteiger partial charge in [-0.05, 0) is 32.0 Å². The van der Waals surface area contributed by atoms with Crippen molar-refractivity contribution in [1.82, 2.24) is 0 Å². The highest BCUT2D eigenvalue weighted by Gasteiger charge is 2.22. The van der Waals surface area contributed by atoms with Crippen molar-refractivity contribution in [3.63, 3.8) is 0 Å². The van der Waals surface area contributed by atoms with Crippen LogP contribution in [0.4, 0.5) is 11.4 Å². The van der Waals surface area contributed by atoms with Gasteiger partial charge in [-0.3, -0.25) is 9.59 Å². The van der Waals surface area contributed by atoms with E-state index in [4.69, 9.17) is 10.00 Å². The van der Waals surface area contributed by atoms with Crippen molar-refractivity contribution in [1.29, 1.82) is 5.26 Å². The lowest BCUT2D eigenvalue weighted by Crippen LogP contribution is -2.42. The van der Waals surface area contributed by atoms with Crippen molar-refractivity contribution in [2.24, 2.45) is 0 Å². The van der Waals surface area contributed by atoms with Crippen molar-refractivity contribution in [3.8, 4) is 6.07 Å². The van der Waals surface area contributed by atoms with E-state index in [1.807, 2.05) is 0 Å². The Bertz CT molecular complexity index is 566. The smallest absolute Gasteiger partial charge is 0.304 e. The zero-order valence-electron chi connectivity index (χ0n) is 12.6. The van der Waals surface area contributed by atoms with Crippen LogP contribution in [0.25, 0.3) is 0 Å². The molecule has 0 aliphatic carbocycles. The molecule has 0 fully saturated rings. The molecule has 2 unspecified atom stereocenters. The number of nitrogens with zero attached hydrogens (tertiary/aromatic N) is 2. The molecule has 0 spiro atoms. The largest absolute Gasteiger partial charge is 0.442 e. The monoisotopic (exact) mass is 289 g/mol. The second-order valence-corrected chi connectivity index (χ2v) is 4.65. The zero-order chi connectivity index (χ0) is 16.0. The van der Waals surface area contributed by atoms with Gasteiger partial charge in [0.25, 0.3) is 0 Å². The van der Waals surface area contributed by atoms with Crippen LogP contribution in [0.3, 0.4) is 0 Å². The summed E-state index contributed by atoms with van der Waals surface area (Å²) in [6.07, 6.45) is -0.593. The molecule has 0 aliphatic rings. The topological polar surface area (TPSA) is 82.4 Å². The second kappa shape index (κ2) is 7.29. The van der Waals surface area contributed by atoms with E-state index in [0.717, 1.165) is 0 Å². The zero-order valence-corrected chi connectivity index (χ0v) is 12.6. The quantitative estimate of drug-likeness (QED) is 0.664. The lowest BCUT2D eigenvalue weighted by atomic mass is 10.2. The molecule has 21 heavy (non-hydrogen) atoms. The van der Waals surface area contributed by atoms with Crippen LogP contribution in [-0.2, 0) is 14.3 Å². The maximum absolute atomic E-state index is 11.1. The lowest BCUT2D eigenvalue weighted by molar-refractivity contribution is -0.145. The number of nitriles is 1. The van der Waals surface area contributed by atoms with E-state index in [1.165, 1.54) is 13.8 Å². The molecule has 1 rings (SSSR count). The molecule has 0 aliphatic heterocycles. The number of rotatable bonds is 5. The van der Waals surface area contributed by atoms with Crippen molar-refractivity contribution >= 4 is 23.3 Å². The fourth-order valence-corrected chi connectivity index (χ4v) is 2.06. The summed E-state index contributed by atoms with van der Waals surface area (Å²) in [4.78, 5) is 23.9. The van der Waals surface area contributed by atoms with Crippen LogP contribution in [0, 0.1) is 11.3 Å². The van der Waals surface area contributed by atoms with Gasteiger partial charge in [0.05, 0.1) is 6.07 Å². The Morgan fingerprint density at radius 3 is 2.52 bits per heavy atom. The molecule has 6 heteroatoms. The van der Waals surface area contributed by atoms with E-state index in [1.54, 1.807) is 43.0 Å². The lowest BCUT2D eigenvalue weighted by Gasteiger charge is -2.32. The first-order valence-electron chi connectivity index (χ1n) is 6.58. The van der Waals surface area contributed by atoms with Gasteiger partial charge >= 0.3 is 5.97 Å². The number of carbonyl (C=O) groups is 2. The number of hydrogen-bond donors (Lipinski definition) is 1. The molecule has 1 aromatic carbocycles. The highest BCUT2D eigenvalue weighted by Crippen LogP contribution is 2.24. The first kappa shape index (κ1) is 16.5. The second-order valence-electron chi connectivity index (χ2n) is 4.65. The number of amides is 1. The van der Waals surface area contributed by atoms with Gasteiger partial charge in [0.15, 0.2) is 6.23 Å². The minimum Gasteiger partial charge on any atom is -0.442 e. The number of hydrogen-bond acceptors (Lipinski definition) is 5. The normalized spacial score (nSPS) is 12.7. The molecule has 0 bridgehead atoms. The maximum Gasteiger partial charge on any atom is 0.304 e. The molecule has 6 nitrogen and oxygen atoms in total. The summed E-state index contributed by atoms with van der Waals surface area (Å²) in [7, 11) is 0. The van der Waals surface area contributed by atoms with Gasteiger partial charge in [0.2, 0.25) is 5.91 Å². The van der Waals surface area contributed by atoms with E-state index < -0.39 is 18.2 Å². The molecule has 0 saturated heterocycles. The molecule has 2 atom stereocenters. The molecule has 1 aromatic rings. The van der Waals surface area contributed by atoms with Gasteiger partial charge < -0.3 is 15.0 Å². The third-order valence-corrected chi connectivity index (χ3v) is 2.80. The van der Waals surface area contributed by atoms with Crippen LogP contribution in [0.1, 0.15) is 27.7 Å². The predicted molar refractivity (Wildman–Crippen MR) is 79.5 cm³/mol. The first-order chi connectivity index (χ1) is 9.85. The Kier molecular flexibility index (Phi) is 5.73. The SMILES string of the molecule is CC(=O)Nc1cccc(N(C(C)C#N)C(C)OC(C)=O)c1. The number of benzene rings is 1. The van der Waals surface area contributed by atoms with E-state index in [9.17, 15) is 9.59 Å². The van der Waals surface area contributed by atoms with Crippen LogP contribution in [-0.4, -0.2) is 24.1 Å². The van der Waals surface area contributed by atoms with Gasteiger partial charge in [0, 0.05) is 25.2 Å². The highest BCUT2D eigenvalue weighted by atomic mass is 16.6. The summed E-state index contributed by atoms with van der Waals surface area (Å²) < 4.78 is 5.16. The van der Waals surface area contributed by atoms with E-state index in [-0.39, 0.29) is 5.91 Å². The summed E-state index contributed by atoms with van der Waals surface area (Å²) in [5.74, 6) is -0.601. The summed E-state index contributed by atoms with van der Waals surface area (Å²) in [6.45, 7) is 6.15. The summed E-state index contributed by atoms with van der Waals surface area (Å²) in [5, 5.41) is 11.8. The van der Waals surface area contributed by atoms with E-state index in [0.29, 0.717) is 11.4 Å². The van der Waals surface area contributed by atoms with Gasteiger partial charge in [-0.1, -0.05) is 6.07 Å². The molecule has 1 amide bonds. The number of nitrogens with one attached hydrogen (secondary N) is 1. The Labute approximate surface area is 124 Å². The van der Waals surface area contributed by atoms with Crippen LogP contribution in [0.5, 0.6) is 0 Å². The van der Waals surface area contributed by atoms with E-state index >= 15 is 0 Å². The van der Waals surface area contributed by atoms with Crippen molar-refractivity contribution in [2.75, 3.05) is 10.2 Å². The molecule has 0 aromatic heterocycles. The Morgan fingerprint density at radius 1 is 1.33 bits per heavy atom. The molecule has 1 N–H and O–H groups in total. The average molecular weight is 289 g/mol. The van der Waals surface area contributed by atoms with Crippen molar-refractivity contribution < 1.29 is 14.3 Å². The number of anilines is 2.